The average Bonchev–Trinajstić information content (AvgIpc) is 2.87. The molecule has 4 aromatic rings. The summed E-state index contributed by atoms with van der Waals surface area (Å²) in [7, 11) is 0. The zero-order valence-electron chi connectivity index (χ0n) is 18.3. The third kappa shape index (κ3) is 6.06. The quantitative estimate of drug-likeness (QED) is 0.117. The molecule has 1 N–H and O–H groups in total. The second-order valence-electron chi connectivity index (χ2n) is 7.49. The molecule has 3 aromatic carbocycles. The number of thioether (sulfide) groups is 1. The Bertz CT molecular complexity index is 1290. The normalized spacial score (nSPS) is 11.0. The van der Waals surface area contributed by atoms with Crippen LogP contribution in [0.5, 0.6) is 0 Å². The lowest BCUT2D eigenvalue weighted by molar-refractivity contribution is 0.103. The molecule has 0 aliphatic carbocycles. The number of anilines is 1. The first kappa shape index (κ1) is 24.0. The minimum atomic E-state index is -0.0609. The lowest BCUT2D eigenvalue weighted by atomic mass is 10.00. The van der Waals surface area contributed by atoms with E-state index >= 15 is 0 Å². The lowest BCUT2D eigenvalue weighted by Gasteiger charge is -2.11. The third-order valence-electron chi connectivity index (χ3n) is 5.15. The van der Waals surface area contributed by atoms with Crippen molar-refractivity contribution < 1.29 is 4.79 Å². The summed E-state index contributed by atoms with van der Waals surface area (Å²) in [5, 5.41) is 6.21. The van der Waals surface area contributed by atoms with Gasteiger partial charge >= 0.3 is 0 Å². The van der Waals surface area contributed by atoms with Crippen LogP contribution < -0.4 is 5.43 Å². The van der Waals surface area contributed by atoms with Gasteiger partial charge in [-0.15, -0.1) is 11.8 Å². The van der Waals surface area contributed by atoms with E-state index < -0.39 is 0 Å². The van der Waals surface area contributed by atoms with Crippen LogP contribution in [0.15, 0.2) is 95.2 Å². The summed E-state index contributed by atoms with van der Waals surface area (Å²) in [5.41, 5.74) is 7.64. The van der Waals surface area contributed by atoms with Crippen molar-refractivity contribution in [2.24, 2.45) is 5.10 Å². The molecular formula is C27H21Cl2N3OS. The summed E-state index contributed by atoms with van der Waals surface area (Å²) in [5.74, 6) is -0.0609. The van der Waals surface area contributed by atoms with E-state index in [2.05, 4.69) is 15.5 Å². The highest BCUT2D eigenvalue weighted by atomic mass is 35.5. The number of aromatic nitrogens is 1. The molecular weight excluding hydrogens is 485 g/mol. The zero-order valence-corrected chi connectivity index (χ0v) is 20.7. The van der Waals surface area contributed by atoms with Gasteiger partial charge in [0.1, 0.15) is 0 Å². The maximum Gasteiger partial charge on any atom is 0.194 e. The van der Waals surface area contributed by atoms with Gasteiger partial charge in [-0.1, -0.05) is 77.8 Å². The molecule has 4 nitrogen and oxygen atoms in total. The molecule has 4 rings (SSSR count). The molecule has 0 radical (unpaired) electrons. The van der Waals surface area contributed by atoms with E-state index in [1.807, 2.05) is 66.9 Å². The van der Waals surface area contributed by atoms with Gasteiger partial charge in [-0.05, 0) is 47.2 Å². The number of nitrogens with one attached hydrogen (secondary N) is 1. The highest BCUT2D eigenvalue weighted by molar-refractivity contribution is 7.98. The minimum absolute atomic E-state index is 0.0609. The van der Waals surface area contributed by atoms with Crippen molar-refractivity contribution in [3.8, 4) is 0 Å². The predicted molar refractivity (Wildman–Crippen MR) is 143 cm³/mol. The summed E-state index contributed by atoms with van der Waals surface area (Å²) in [6.07, 6.45) is 5.83. The van der Waals surface area contributed by atoms with Crippen LogP contribution in [-0.4, -0.2) is 23.2 Å². The molecule has 0 aliphatic rings. The SMILES string of the molecule is CSc1ccc(C(=O)c2ccc(Cc3c(Cl)cc(NN=Cc4ccccc4)cc3Cl)cc2)cn1. The molecule has 0 unspecified atom stereocenters. The van der Waals surface area contributed by atoms with Gasteiger partial charge in [-0.3, -0.25) is 10.2 Å². The number of halogens is 2. The van der Waals surface area contributed by atoms with E-state index in [0.717, 1.165) is 21.7 Å². The van der Waals surface area contributed by atoms with Crippen LogP contribution in [0.2, 0.25) is 10.0 Å². The Morgan fingerprint density at radius 1 is 0.971 bits per heavy atom. The minimum Gasteiger partial charge on any atom is -0.289 e. The summed E-state index contributed by atoms with van der Waals surface area (Å²) < 4.78 is 0. The van der Waals surface area contributed by atoms with E-state index in [9.17, 15) is 4.79 Å². The molecule has 0 bridgehead atoms. The highest BCUT2D eigenvalue weighted by Gasteiger charge is 2.12. The van der Waals surface area contributed by atoms with Gasteiger partial charge < -0.3 is 0 Å². The number of hydrogen-bond donors (Lipinski definition) is 1. The van der Waals surface area contributed by atoms with E-state index in [-0.39, 0.29) is 5.78 Å². The summed E-state index contributed by atoms with van der Waals surface area (Å²) >= 11 is 14.6. The molecule has 0 atom stereocenters. The Balaban J connectivity index is 1.43. The van der Waals surface area contributed by atoms with Crippen LogP contribution in [0, 0.1) is 0 Å². The molecule has 0 spiro atoms. The number of benzene rings is 3. The summed E-state index contributed by atoms with van der Waals surface area (Å²) in [6, 6.07) is 24.5. The van der Waals surface area contributed by atoms with Crippen LogP contribution in [0.3, 0.4) is 0 Å². The molecule has 170 valence electrons. The fourth-order valence-corrected chi connectivity index (χ4v) is 4.32. The van der Waals surface area contributed by atoms with Gasteiger partial charge in [0, 0.05) is 33.8 Å². The number of carbonyl (C=O) groups excluding carboxylic acids is 1. The van der Waals surface area contributed by atoms with Gasteiger partial charge in [0.25, 0.3) is 0 Å². The number of rotatable bonds is 8. The van der Waals surface area contributed by atoms with Crippen LogP contribution in [0.1, 0.15) is 32.6 Å². The van der Waals surface area contributed by atoms with E-state index in [1.54, 1.807) is 30.6 Å². The molecule has 1 aromatic heterocycles. The zero-order chi connectivity index (χ0) is 23.9. The smallest absolute Gasteiger partial charge is 0.194 e. The van der Waals surface area contributed by atoms with Crippen LogP contribution in [0.4, 0.5) is 5.69 Å². The summed E-state index contributed by atoms with van der Waals surface area (Å²) in [6.45, 7) is 0. The number of nitrogens with zero attached hydrogens (tertiary/aromatic N) is 2. The van der Waals surface area contributed by atoms with Crippen molar-refractivity contribution in [3.63, 3.8) is 0 Å². The van der Waals surface area contributed by atoms with Crippen molar-refractivity contribution in [3.05, 3.63) is 123 Å². The van der Waals surface area contributed by atoms with E-state index in [0.29, 0.717) is 33.3 Å². The summed E-state index contributed by atoms with van der Waals surface area (Å²) in [4.78, 5) is 17.0. The van der Waals surface area contributed by atoms with Crippen molar-refractivity contribution in [1.82, 2.24) is 4.98 Å². The van der Waals surface area contributed by atoms with Gasteiger partial charge in [0.2, 0.25) is 0 Å². The first-order valence-corrected chi connectivity index (χ1v) is 12.5. The molecule has 0 amide bonds. The monoisotopic (exact) mass is 505 g/mol. The lowest BCUT2D eigenvalue weighted by Crippen LogP contribution is -2.02. The Kier molecular flexibility index (Phi) is 8.01. The molecule has 0 aliphatic heterocycles. The predicted octanol–water partition coefficient (Wildman–Crippen LogP) is 7.38. The van der Waals surface area contributed by atoms with Crippen molar-refractivity contribution in [2.75, 3.05) is 11.7 Å². The molecule has 1 heterocycles. The number of hydrazone groups is 1. The van der Waals surface area contributed by atoms with E-state index in [4.69, 9.17) is 23.2 Å². The number of pyridine rings is 1. The number of carbonyl (C=O) groups is 1. The fraction of sp³-hybridized carbons (Fsp3) is 0.0741. The molecule has 0 saturated carbocycles. The fourth-order valence-electron chi connectivity index (χ4n) is 3.34. The van der Waals surface area contributed by atoms with Crippen molar-refractivity contribution >= 4 is 52.6 Å². The second-order valence-corrected chi connectivity index (χ2v) is 9.13. The second kappa shape index (κ2) is 11.3. The maximum absolute atomic E-state index is 12.7. The third-order valence-corrected chi connectivity index (χ3v) is 6.49. The molecule has 0 fully saturated rings. The molecule has 0 saturated heterocycles. The Labute approximate surface area is 213 Å². The van der Waals surface area contributed by atoms with Gasteiger partial charge in [-0.25, -0.2) is 4.98 Å². The Morgan fingerprint density at radius 2 is 1.65 bits per heavy atom. The Hall–Kier alpha value is -3.12. The number of ketones is 1. The Morgan fingerprint density at radius 3 is 2.26 bits per heavy atom. The van der Waals surface area contributed by atoms with Gasteiger partial charge in [-0.2, -0.15) is 5.10 Å². The largest absolute Gasteiger partial charge is 0.289 e. The standard InChI is InChI=1S/C27H21Cl2N3OS/c1-34-26-12-11-21(17-30-26)27(33)20-9-7-18(8-10-20)13-23-24(28)14-22(15-25(23)29)32-31-16-19-5-3-2-4-6-19/h2-12,14-17,32H,13H2,1H3. The topological polar surface area (TPSA) is 54.4 Å². The van der Waals surface area contributed by atoms with E-state index in [1.165, 1.54) is 11.8 Å². The van der Waals surface area contributed by atoms with Crippen LogP contribution in [-0.2, 0) is 6.42 Å². The maximum atomic E-state index is 12.7. The molecule has 34 heavy (non-hydrogen) atoms. The molecule has 7 heteroatoms. The first-order valence-electron chi connectivity index (χ1n) is 10.5. The first-order chi connectivity index (χ1) is 16.5. The highest BCUT2D eigenvalue weighted by Crippen LogP contribution is 2.31. The average molecular weight is 506 g/mol. The van der Waals surface area contributed by atoms with Crippen molar-refractivity contribution in [2.45, 2.75) is 11.4 Å². The number of hydrogen-bond acceptors (Lipinski definition) is 5. The van der Waals surface area contributed by atoms with Crippen LogP contribution in [0.25, 0.3) is 0 Å². The van der Waals surface area contributed by atoms with Crippen LogP contribution >= 0.6 is 35.0 Å². The van der Waals surface area contributed by atoms with Gasteiger partial charge in [0.05, 0.1) is 16.9 Å². The van der Waals surface area contributed by atoms with Gasteiger partial charge in [0.15, 0.2) is 5.78 Å². The van der Waals surface area contributed by atoms with Crippen molar-refractivity contribution in [1.29, 1.82) is 0 Å².